The Bertz CT molecular complexity index is 451. The average Bonchev–Trinajstić information content (AvgIpc) is 2.50. The van der Waals surface area contributed by atoms with Gasteiger partial charge in [-0.1, -0.05) is 31.5 Å². The SMILES string of the molecule is CCCCC(CCCOCC(=O)Nc1ccccc1)[N+](=O)[O-]. The van der Waals surface area contributed by atoms with E-state index in [1.54, 1.807) is 12.1 Å². The summed E-state index contributed by atoms with van der Waals surface area (Å²) >= 11 is 0. The lowest BCUT2D eigenvalue weighted by Crippen LogP contribution is -2.21. The number of rotatable bonds is 11. The molecule has 0 spiro atoms. The first-order chi connectivity index (χ1) is 10.6. The van der Waals surface area contributed by atoms with E-state index < -0.39 is 6.04 Å². The lowest BCUT2D eigenvalue weighted by Gasteiger charge is -2.09. The van der Waals surface area contributed by atoms with Gasteiger partial charge in [-0.05, 0) is 25.0 Å². The Morgan fingerprint density at radius 2 is 1.95 bits per heavy atom. The van der Waals surface area contributed by atoms with Gasteiger partial charge in [0.1, 0.15) is 6.61 Å². The maximum absolute atomic E-state index is 11.6. The number of unbranched alkanes of at least 4 members (excludes halogenated alkanes) is 1. The molecule has 0 bridgehead atoms. The van der Waals surface area contributed by atoms with Crippen molar-refractivity contribution in [2.24, 2.45) is 0 Å². The fraction of sp³-hybridized carbons (Fsp3) is 0.562. The number of carbonyl (C=O) groups excluding carboxylic acids is 1. The van der Waals surface area contributed by atoms with Crippen LogP contribution in [-0.2, 0) is 9.53 Å². The highest BCUT2D eigenvalue weighted by Crippen LogP contribution is 2.10. The Labute approximate surface area is 131 Å². The van der Waals surface area contributed by atoms with Crippen molar-refractivity contribution in [1.29, 1.82) is 0 Å². The van der Waals surface area contributed by atoms with Gasteiger partial charge in [-0.25, -0.2) is 0 Å². The molecule has 6 heteroatoms. The number of nitrogens with one attached hydrogen (secondary N) is 1. The summed E-state index contributed by atoms with van der Waals surface area (Å²) in [4.78, 5) is 22.3. The van der Waals surface area contributed by atoms with Crippen LogP contribution in [0.1, 0.15) is 39.0 Å². The van der Waals surface area contributed by atoms with E-state index in [9.17, 15) is 14.9 Å². The standard InChI is InChI=1S/C16H24N2O4/c1-2-3-10-15(18(20)21)11-7-12-22-13-16(19)17-14-8-5-4-6-9-14/h4-6,8-9,15H,2-3,7,10-13H2,1H3,(H,17,19). The molecule has 1 N–H and O–H groups in total. The topological polar surface area (TPSA) is 81.5 Å². The van der Waals surface area contributed by atoms with Crippen molar-refractivity contribution in [2.45, 2.75) is 45.1 Å². The summed E-state index contributed by atoms with van der Waals surface area (Å²) in [7, 11) is 0. The van der Waals surface area contributed by atoms with Gasteiger partial charge in [0, 0.05) is 30.1 Å². The van der Waals surface area contributed by atoms with Gasteiger partial charge in [-0.15, -0.1) is 0 Å². The molecule has 122 valence electrons. The molecule has 0 aliphatic rings. The Kier molecular flexibility index (Phi) is 8.83. The van der Waals surface area contributed by atoms with Crippen LogP contribution in [0.25, 0.3) is 0 Å². The van der Waals surface area contributed by atoms with Crippen molar-refractivity contribution in [2.75, 3.05) is 18.5 Å². The number of para-hydroxylation sites is 1. The van der Waals surface area contributed by atoms with Gasteiger partial charge >= 0.3 is 0 Å². The molecule has 0 saturated carbocycles. The second kappa shape index (κ2) is 10.7. The highest BCUT2D eigenvalue weighted by molar-refractivity contribution is 5.91. The van der Waals surface area contributed by atoms with E-state index in [0.717, 1.165) is 18.5 Å². The molecule has 1 unspecified atom stereocenters. The second-order valence-corrected chi connectivity index (χ2v) is 5.19. The zero-order chi connectivity index (χ0) is 16.2. The molecule has 0 fully saturated rings. The molecule has 0 aromatic heterocycles. The fourth-order valence-electron chi connectivity index (χ4n) is 2.10. The van der Waals surface area contributed by atoms with Gasteiger partial charge < -0.3 is 10.1 Å². The van der Waals surface area contributed by atoms with E-state index in [1.165, 1.54) is 0 Å². The van der Waals surface area contributed by atoms with E-state index in [0.29, 0.717) is 25.9 Å². The Morgan fingerprint density at radius 1 is 1.27 bits per heavy atom. The van der Waals surface area contributed by atoms with Gasteiger partial charge in [-0.3, -0.25) is 14.9 Å². The summed E-state index contributed by atoms with van der Waals surface area (Å²) in [5.41, 5.74) is 0.726. The highest BCUT2D eigenvalue weighted by Gasteiger charge is 2.18. The molecule has 1 atom stereocenters. The van der Waals surface area contributed by atoms with Crippen molar-refractivity contribution in [3.8, 4) is 0 Å². The molecule has 22 heavy (non-hydrogen) atoms. The third-order valence-electron chi connectivity index (χ3n) is 3.31. The van der Waals surface area contributed by atoms with E-state index in [4.69, 9.17) is 4.74 Å². The normalized spacial score (nSPS) is 11.9. The summed E-state index contributed by atoms with van der Waals surface area (Å²) < 4.78 is 5.27. The lowest BCUT2D eigenvalue weighted by molar-refractivity contribution is -0.524. The van der Waals surface area contributed by atoms with E-state index in [2.05, 4.69) is 5.32 Å². The van der Waals surface area contributed by atoms with Gasteiger partial charge in [0.2, 0.25) is 11.9 Å². The number of hydrogen-bond acceptors (Lipinski definition) is 4. The Morgan fingerprint density at radius 3 is 2.59 bits per heavy atom. The Balaban J connectivity index is 2.13. The summed E-state index contributed by atoms with van der Waals surface area (Å²) in [5.74, 6) is -0.219. The molecular weight excluding hydrogens is 284 g/mol. The van der Waals surface area contributed by atoms with Crippen LogP contribution in [0.3, 0.4) is 0 Å². The van der Waals surface area contributed by atoms with Gasteiger partial charge in [-0.2, -0.15) is 0 Å². The summed E-state index contributed by atoms with van der Waals surface area (Å²) in [6, 6.07) is 8.65. The molecule has 0 aliphatic carbocycles. The van der Waals surface area contributed by atoms with Crippen LogP contribution in [0.2, 0.25) is 0 Å². The molecule has 1 aromatic carbocycles. The molecule has 0 saturated heterocycles. The minimum absolute atomic E-state index is 0.0347. The number of hydrogen-bond donors (Lipinski definition) is 1. The molecule has 0 heterocycles. The van der Waals surface area contributed by atoms with Crippen LogP contribution in [0.4, 0.5) is 5.69 Å². The first kappa shape index (κ1) is 18.1. The van der Waals surface area contributed by atoms with Crippen molar-refractivity contribution in [3.05, 3.63) is 40.4 Å². The molecular formula is C16H24N2O4. The van der Waals surface area contributed by atoms with Crippen LogP contribution in [0, 0.1) is 10.1 Å². The molecule has 1 amide bonds. The smallest absolute Gasteiger partial charge is 0.250 e. The van der Waals surface area contributed by atoms with Crippen molar-refractivity contribution >= 4 is 11.6 Å². The van der Waals surface area contributed by atoms with Crippen LogP contribution in [0.5, 0.6) is 0 Å². The minimum Gasteiger partial charge on any atom is -0.372 e. The quantitative estimate of drug-likeness (QED) is 0.386. The van der Waals surface area contributed by atoms with E-state index in [-0.39, 0.29) is 17.4 Å². The number of nitro groups is 1. The zero-order valence-corrected chi connectivity index (χ0v) is 13.0. The first-order valence-corrected chi connectivity index (χ1v) is 7.69. The number of carbonyl (C=O) groups is 1. The molecule has 0 aliphatic heterocycles. The van der Waals surface area contributed by atoms with Crippen molar-refractivity contribution < 1.29 is 14.5 Å². The zero-order valence-electron chi connectivity index (χ0n) is 13.0. The number of amides is 1. The number of ether oxygens (including phenoxy) is 1. The van der Waals surface area contributed by atoms with E-state index >= 15 is 0 Å². The summed E-state index contributed by atoms with van der Waals surface area (Å²) in [5, 5.41) is 13.6. The minimum atomic E-state index is -0.498. The fourth-order valence-corrected chi connectivity index (χ4v) is 2.10. The lowest BCUT2D eigenvalue weighted by atomic mass is 10.1. The van der Waals surface area contributed by atoms with E-state index in [1.807, 2.05) is 25.1 Å². The third-order valence-corrected chi connectivity index (χ3v) is 3.31. The third kappa shape index (κ3) is 7.73. The average molecular weight is 308 g/mol. The van der Waals surface area contributed by atoms with Gasteiger partial charge in [0.15, 0.2) is 0 Å². The Hall–Kier alpha value is -1.95. The maximum Gasteiger partial charge on any atom is 0.250 e. The second-order valence-electron chi connectivity index (χ2n) is 5.19. The summed E-state index contributed by atoms with van der Waals surface area (Å²) in [6.45, 7) is 2.34. The van der Waals surface area contributed by atoms with Gasteiger partial charge in [0.25, 0.3) is 0 Å². The van der Waals surface area contributed by atoms with Crippen LogP contribution < -0.4 is 5.32 Å². The maximum atomic E-state index is 11.6. The monoisotopic (exact) mass is 308 g/mol. The molecule has 6 nitrogen and oxygen atoms in total. The number of benzene rings is 1. The molecule has 1 rings (SSSR count). The van der Waals surface area contributed by atoms with Crippen LogP contribution >= 0.6 is 0 Å². The molecule has 0 radical (unpaired) electrons. The molecule has 1 aromatic rings. The van der Waals surface area contributed by atoms with Crippen LogP contribution in [0.15, 0.2) is 30.3 Å². The van der Waals surface area contributed by atoms with Crippen LogP contribution in [-0.4, -0.2) is 30.1 Å². The van der Waals surface area contributed by atoms with Gasteiger partial charge in [0.05, 0.1) is 0 Å². The number of anilines is 1. The highest BCUT2D eigenvalue weighted by atomic mass is 16.6. The predicted octanol–water partition coefficient (Wildman–Crippen LogP) is 3.26. The number of nitrogens with zero attached hydrogens (tertiary/aromatic N) is 1. The first-order valence-electron chi connectivity index (χ1n) is 7.69. The van der Waals surface area contributed by atoms with Crippen molar-refractivity contribution in [3.63, 3.8) is 0 Å². The largest absolute Gasteiger partial charge is 0.372 e. The predicted molar refractivity (Wildman–Crippen MR) is 85.4 cm³/mol. The summed E-state index contributed by atoms with van der Waals surface area (Å²) in [6.07, 6.45) is 3.52. The van der Waals surface area contributed by atoms with Crippen molar-refractivity contribution in [1.82, 2.24) is 0 Å².